The second kappa shape index (κ2) is 5.37. The summed E-state index contributed by atoms with van der Waals surface area (Å²) in [6.45, 7) is 6.52. The average Bonchev–Trinajstić information content (AvgIpc) is 2.19. The van der Waals surface area contributed by atoms with Crippen LogP contribution in [0.1, 0.15) is 33.1 Å². The Morgan fingerprint density at radius 2 is 2.43 bits per heavy atom. The maximum Gasteiger partial charge on any atom is 0.0876 e. The summed E-state index contributed by atoms with van der Waals surface area (Å²) in [5, 5.41) is 13.4. The lowest BCUT2D eigenvalue weighted by Crippen LogP contribution is -2.33. The third-order valence-electron chi connectivity index (χ3n) is 2.66. The highest BCUT2D eigenvalue weighted by Crippen LogP contribution is 2.26. The van der Waals surface area contributed by atoms with Crippen LogP contribution >= 0.6 is 0 Å². The lowest BCUT2D eigenvalue weighted by Gasteiger charge is -2.28. The Morgan fingerprint density at radius 1 is 1.64 bits per heavy atom. The molecule has 0 saturated heterocycles. The molecule has 1 aliphatic heterocycles. The van der Waals surface area contributed by atoms with Gasteiger partial charge in [-0.05, 0) is 44.8 Å². The molecule has 0 aliphatic carbocycles. The molecule has 1 heterocycles. The van der Waals surface area contributed by atoms with Gasteiger partial charge in [0.15, 0.2) is 0 Å². The van der Waals surface area contributed by atoms with Crippen molar-refractivity contribution in [2.45, 2.75) is 38.7 Å². The summed E-state index contributed by atoms with van der Waals surface area (Å²) in [6.07, 6.45) is 4.45. The molecular weight excluding hydrogens is 178 g/mol. The van der Waals surface area contributed by atoms with Gasteiger partial charge in [-0.1, -0.05) is 6.92 Å². The smallest absolute Gasteiger partial charge is 0.0876 e. The number of aliphatic hydroxyl groups is 1. The van der Waals surface area contributed by atoms with Crippen LogP contribution in [-0.2, 0) is 4.74 Å². The normalized spacial score (nSPS) is 20.9. The van der Waals surface area contributed by atoms with Gasteiger partial charge in [0, 0.05) is 0 Å². The van der Waals surface area contributed by atoms with E-state index in [1.807, 2.05) is 6.92 Å². The summed E-state index contributed by atoms with van der Waals surface area (Å²) in [7, 11) is 0. The Balaban J connectivity index is 2.41. The zero-order chi connectivity index (χ0) is 10.4. The van der Waals surface area contributed by atoms with E-state index in [2.05, 4.69) is 12.2 Å². The van der Waals surface area contributed by atoms with E-state index in [1.54, 1.807) is 6.26 Å². The van der Waals surface area contributed by atoms with Crippen LogP contribution in [0.15, 0.2) is 11.8 Å². The molecule has 0 spiro atoms. The van der Waals surface area contributed by atoms with Crippen molar-refractivity contribution < 1.29 is 9.84 Å². The summed E-state index contributed by atoms with van der Waals surface area (Å²) in [4.78, 5) is 0. The molecule has 1 atom stereocenters. The summed E-state index contributed by atoms with van der Waals surface area (Å²) in [5.74, 6) is 0. The Labute approximate surface area is 86.2 Å². The van der Waals surface area contributed by atoms with Gasteiger partial charge in [-0.15, -0.1) is 0 Å². The minimum absolute atomic E-state index is 0.706. The third-order valence-corrected chi connectivity index (χ3v) is 2.66. The van der Waals surface area contributed by atoms with Crippen molar-refractivity contribution in [1.82, 2.24) is 5.32 Å². The first-order chi connectivity index (χ1) is 6.67. The average molecular weight is 199 g/mol. The van der Waals surface area contributed by atoms with Crippen LogP contribution in [0, 0.1) is 0 Å². The zero-order valence-corrected chi connectivity index (χ0v) is 9.18. The first-order valence-electron chi connectivity index (χ1n) is 5.41. The Morgan fingerprint density at radius 3 is 3.00 bits per heavy atom. The van der Waals surface area contributed by atoms with Crippen LogP contribution in [0.5, 0.6) is 0 Å². The predicted molar refractivity (Wildman–Crippen MR) is 57.1 cm³/mol. The van der Waals surface area contributed by atoms with Crippen LogP contribution in [0.3, 0.4) is 0 Å². The minimum atomic E-state index is -0.706. The number of hydrogen-bond donors (Lipinski definition) is 2. The summed E-state index contributed by atoms with van der Waals surface area (Å²) in [5.41, 5.74) is 0.324. The highest BCUT2D eigenvalue weighted by molar-refractivity contribution is 5.14. The molecule has 2 N–H and O–H groups in total. The van der Waals surface area contributed by atoms with Gasteiger partial charge in [-0.25, -0.2) is 0 Å². The number of rotatable bonds is 5. The fraction of sp³-hybridized carbons (Fsp3) is 0.818. The van der Waals surface area contributed by atoms with Gasteiger partial charge in [0.1, 0.15) is 0 Å². The van der Waals surface area contributed by atoms with Crippen molar-refractivity contribution in [2.24, 2.45) is 0 Å². The molecule has 1 unspecified atom stereocenters. The van der Waals surface area contributed by atoms with Crippen LogP contribution in [0.4, 0.5) is 0 Å². The zero-order valence-electron chi connectivity index (χ0n) is 9.18. The first-order valence-corrected chi connectivity index (χ1v) is 5.41. The molecule has 0 amide bonds. The SMILES string of the molecule is CCNCCC(C)(O)C1=COCCC1. The molecule has 1 aliphatic rings. The van der Waals surface area contributed by atoms with E-state index < -0.39 is 5.60 Å². The highest BCUT2D eigenvalue weighted by atomic mass is 16.5. The molecule has 82 valence electrons. The standard InChI is InChI=1S/C11H21NO2/c1-3-12-7-6-11(2,13)10-5-4-8-14-9-10/h9,12-13H,3-8H2,1-2H3. The van der Waals surface area contributed by atoms with Gasteiger partial charge >= 0.3 is 0 Å². The molecule has 1 rings (SSSR count). The molecule has 3 heteroatoms. The van der Waals surface area contributed by atoms with Crippen molar-refractivity contribution in [3.05, 3.63) is 11.8 Å². The molecule has 0 bridgehead atoms. The molecule has 0 radical (unpaired) electrons. The van der Waals surface area contributed by atoms with Crippen LogP contribution in [0.2, 0.25) is 0 Å². The van der Waals surface area contributed by atoms with Gasteiger partial charge in [0.25, 0.3) is 0 Å². The van der Waals surface area contributed by atoms with E-state index in [0.717, 1.165) is 44.5 Å². The molecule has 0 aromatic heterocycles. The number of ether oxygens (including phenoxy) is 1. The molecule has 0 fully saturated rings. The highest BCUT2D eigenvalue weighted by Gasteiger charge is 2.26. The molecular formula is C11H21NO2. The van der Waals surface area contributed by atoms with Crippen molar-refractivity contribution in [3.8, 4) is 0 Å². The van der Waals surface area contributed by atoms with E-state index in [0.29, 0.717) is 0 Å². The molecule has 0 aromatic rings. The van der Waals surface area contributed by atoms with E-state index in [4.69, 9.17) is 4.74 Å². The fourth-order valence-electron chi connectivity index (χ4n) is 1.63. The predicted octanol–water partition coefficient (Wildman–Crippen LogP) is 1.43. The maximum absolute atomic E-state index is 10.2. The lowest BCUT2D eigenvalue weighted by molar-refractivity contribution is 0.0722. The van der Waals surface area contributed by atoms with Gasteiger partial charge in [0.05, 0.1) is 18.5 Å². The van der Waals surface area contributed by atoms with Crippen LogP contribution in [-0.4, -0.2) is 30.4 Å². The molecule has 14 heavy (non-hydrogen) atoms. The van der Waals surface area contributed by atoms with Crippen molar-refractivity contribution >= 4 is 0 Å². The van der Waals surface area contributed by atoms with Crippen molar-refractivity contribution in [3.63, 3.8) is 0 Å². The second-order valence-electron chi connectivity index (χ2n) is 3.99. The van der Waals surface area contributed by atoms with Gasteiger partial charge < -0.3 is 15.2 Å². The summed E-state index contributed by atoms with van der Waals surface area (Å²) < 4.78 is 5.23. The first kappa shape index (κ1) is 11.5. The second-order valence-corrected chi connectivity index (χ2v) is 3.99. The quantitative estimate of drug-likeness (QED) is 0.658. The van der Waals surface area contributed by atoms with Crippen molar-refractivity contribution in [2.75, 3.05) is 19.7 Å². The maximum atomic E-state index is 10.2. The molecule has 0 saturated carbocycles. The largest absolute Gasteiger partial charge is 0.501 e. The van der Waals surface area contributed by atoms with E-state index >= 15 is 0 Å². The van der Waals surface area contributed by atoms with E-state index in [-0.39, 0.29) is 0 Å². The van der Waals surface area contributed by atoms with Gasteiger partial charge in [-0.2, -0.15) is 0 Å². The van der Waals surface area contributed by atoms with Crippen LogP contribution < -0.4 is 5.32 Å². The summed E-state index contributed by atoms with van der Waals surface area (Å²) in [6, 6.07) is 0. The van der Waals surface area contributed by atoms with Gasteiger partial charge in [-0.3, -0.25) is 0 Å². The number of hydrogen-bond acceptors (Lipinski definition) is 3. The van der Waals surface area contributed by atoms with Gasteiger partial charge in [0.2, 0.25) is 0 Å². The van der Waals surface area contributed by atoms with Crippen LogP contribution in [0.25, 0.3) is 0 Å². The Kier molecular flexibility index (Phi) is 4.42. The lowest BCUT2D eigenvalue weighted by atomic mass is 9.89. The Hall–Kier alpha value is -0.540. The molecule has 0 aromatic carbocycles. The molecule has 3 nitrogen and oxygen atoms in total. The Bertz CT molecular complexity index is 199. The third kappa shape index (κ3) is 3.31. The monoisotopic (exact) mass is 199 g/mol. The van der Waals surface area contributed by atoms with E-state index in [1.165, 1.54) is 0 Å². The number of nitrogens with one attached hydrogen (secondary N) is 1. The van der Waals surface area contributed by atoms with Crippen molar-refractivity contribution in [1.29, 1.82) is 0 Å². The summed E-state index contributed by atoms with van der Waals surface area (Å²) >= 11 is 0. The minimum Gasteiger partial charge on any atom is -0.501 e. The topological polar surface area (TPSA) is 41.5 Å². The fourth-order valence-corrected chi connectivity index (χ4v) is 1.63. The van der Waals surface area contributed by atoms with E-state index in [9.17, 15) is 5.11 Å².